The van der Waals surface area contributed by atoms with Crippen LogP contribution >= 0.6 is 22.7 Å². The second kappa shape index (κ2) is 15.9. The van der Waals surface area contributed by atoms with Crippen molar-refractivity contribution in [1.82, 2.24) is 4.98 Å². The number of para-hydroxylation sites is 2. The average Bonchev–Trinajstić information content (AvgIpc) is 3.72. The fourth-order valence-corrected chi connectivity index (χ4v) is 6.86. The highest BCUT2D eigenvalue weighted by Gasteiger charge is 2.14. The summed E-state index contributed by atoms with van der Waals surface area (Å²) in [5.41, 5.74) is 2.98. The van der Waals surface area contributed by atoms with E-state index in [-0.39, 0.29) is 0 Å². The number of likely N-dealkylation sites (N-methyl/N-ethyl adjacent to an activating group) is 1. The zero-order valence-corrected chi connectivity index (χ0v) is 26.0. The van der Waals surface area contributed by atoms with Gasteiger partial charge in [0.15, 0.2) is 5.58 Å². The van der Waals surface area contributed by atoms with Crippen molar-refractivity contribution < 1.29 is 28.1 Å². The van der Waals surface area contributed by atoms with Gasteiger partial charge >= 0.3 is 0 Å². The van der Waals surface area contributed by atoms with Gasteiger partial charge in [0.05, 0.1) is 70.7 Å². The van der Waals surface area contributed by atoms with Crippen molar-refractivity contribution in [1.29, 1.82) is 0 Å². The molecule has 0 saturated heterocycles. The van der Waals surface area contributed by atoms with Gasteiger partial charge in [0.2, 0.25) is 11.6 Å². The molecule has 0 aliphatic carbocycles. The van der Waals surface area contributed by atoms with E-state index in [1.165, 1.54) is 19.5 Å². The minimum Gasteiger partial charge on any atom is -0.447 e. The van der Waals surface area contributed by atoms with Gasteiger partial charge in [-0.2, -0.15) is 0 Å². The van der Waals surface area contributed by atoms with E-state index in [0.29, 0.717) is 76.6 Å². The van der Waals surface area contributed by atoms with Gasteiger partial charge in [-0.3, -0.25) is 0 Å². The number of hydrogen-bond acceptors (Lipinski definition) is 10. The quantitative estimate of drug-likeness (QED) is 0.0779. The molecule has 0 unspecified atom stereocenters. The molecule has 0 aliphatic rings. The summed E-state index contributed by atoms with van der Waals surface area (Å²) in [6, 6.07) is 16.3. The Hall–Kier alpha value is -3.34. The summed E-state index contributed by atoms with van der Waals surface area (Å²) in [6.07, 6.45) is 1.87. The highest BCUT2D eigenvalue weighted by Crippen LogP contribution is 2.41. The van der Waals surface area contributed by atoms with E-state index < -0.39 is 0 Å². The number of methoxy groups -OCH3 is 1. The molecular weight excluding hydrogens is 587 g/mol. The number of fused-ring (bicyclic) bond motifs is 4. The fraction of sp³-hybridized carbons (Fsp3) is 0.375. The number of anilines is 1. The first-order valence-corrected chi connectivity index (χ1v) is 15.7. The lowest BCUT2D eigenvalue weighted by atomic mass is 10.2. The summed E-state index contributed by atoms with van der Waals surface area (Å²) in [5, 5.41) is 1.23. The molecule has 9 nitrogen and oxygen atoms in total. The molecule has 43 heavy (non-hydrogen) atoms. The molecule has 0 aliphatic heterocycles. The molecule has 3 aromatic heterocycles. The summed E-state index contributed by atoms with van der Waals surface area (Å²) in [4.78, 5) is 11.4. The maximum Gasteiger partial charge on any atom is 0.249 e. The lowest BCUT2D eigenvalue weighted by Gasteiger charge is -2.19. The van der Waals surface area contributed by atoms with Gasteiger partial charge in [0.1, 0.15) is 5.52 Å². The molecule has 0 amide bonds. The Balaban J connectivity index is 1.07. The van der Waals surface area contributed by atoms with Crippen LogP contribution in [0.2, 0.25) is 0 Å². The number of oxazole rings is 1. The zero-order valence-electron chi connectivity index (χ0n) is 24.4. The number of ether oxygens (including phenoxy) is 5. The average molecular weight is 622 g/mol. The number of rotatable bonds is 18. The van der Waals surface area contributed by atoms with Crippen LogP contribution < -0.4 is 4.90 Å². The molecule has 2 aromatic carbocycles. The van der Waals surface area contributed by atoms with E-state index in [1.54, 1.807) is 29.8 Å². The Bertz CT molecular complexity index is 1650. The van der Waals surface area contributed by atoms with E-state index in [1.807, 2.05) is 30.3 Å². The van der Waals surface area contributed by atoms with Gasteiger partial charge < -0.3 is 33.0 Å². The van der Waals surface area contributed by atoms with Gasteiger partial charge in [0, 0.05) is 46.1 Å². The Morgan fingerprint density at radius 2 is 1.58 bits per heavy atom. The monoisotopic (exact) mass is 621 g/mol. The summed E-state index contributed by atoms with van der Waals surface area (Å²) in [6.45, 7) is 13.5. The summed E-state index contributed by atoms with van der Waals surface area (Å²) in [5.74, 6) is 0.350. The van der Waals surface area contributed by atoms with Crippen molar-refractivity contribution in [3.8, 4) is 0 Å². The number of hydrogen-bond donors (Lipinski definition) is 0. The van der Waals surface area contributed by atoms with Crippen LogP contribution in [0.1, 0.15) is 10.8 Å². The van der Waals surface area contributed by atoms with Crippen molar-refractivity contribution in [2.24, 2.45) is 0 Å². The summed E-state index contributed by atoms with van der Waals surface area (Å²) < 4.78 is 36.5. The summed E-state index contributed by atoms with van der Waals surface area (Å²) in [7, 11) is 3.73. The number of thiophene rings is 2. The number of nitrogens with zero attached hydrogens (tertiary/aromatic N) is 3. The maximum atomic E-state index is 7.68. The standard InChI is InChI=1S/C32H35N3O6S2/c1-33-27(32-34-26-6-4-5-7-28(26)41-32)21-24-22-30-31(42-24)25-9-8-23(20-29(25)43-30)35(2)10-11-37-14-15-39-18-19-40-17-16-38-13-12-36-3/h4-9,20-22H,10-19H2,2-3H3/b27-21-. The minimum atomic E-state index is 0.350. The van der Waals surface area contributed by atoms with Crippen molar-refractivity contribution >= 4 is 70.7 Å². The van der Waals surface area contributed by atoms with Crippen molar-refractivity contribution in [3.05, 3.63) is 70.7 Å². The topological polar surface area (TPSA) is 79.8 Å². The maximum absolute atomic E-state index is 7.68. The van der Waals surface area contributed by atoms with Gasteiger partial charge in [-0.15, -0.1) is 22.7 Å². The second-order valence-electron chi connectivity index (χ2n) is 9.62. The van der Waals surface area contributed by atoms with Crippen molar-refractivity contribution in [3.63, 3.8) is 0 Å². The first-order chi connectivity index (χ1) is 21.2. The van der Waals surface area contributed by atoms with Gasteiger partial charge in [-0.25, -0.2) is 9.83 Å². The highest BCUT2D eigenvalue weighted by molar-refractivity contribution is 7.33. The Labute approximate surface area is 259 Å². The molecule has 0 atom stereocenters. The highest BCUT2D eigenvalue weighted by atomic mass is 32.1. The van der Waals surface area contributed by atoms with Crippen LogP contribution in [-0.2, 0) is 23.7 Å². The van der Waals surface area contributed by atoms with Gasteiger partial charge in [0.25, 0.3) is 0 Å². The molecule has 5 rings (SSSR count). The third-order valence-electron chi connectivity index (χ3n) is 6.62. The third-order valence-corrected chi connectivity index (χ3v) is 8.96. The van der Waals surface area contributed by atoms with E-state index in [2.05, 4.69) is 46.0 Å². The van der Waals surface area contributed by atoms with Crippen LogP contribution in [0.3, 0.4) is 0 Å². The minimum absolute atomic E-state index is 0.350. The summed E-state index contributed by atoms with van der Waals surface area (Å²) >= 11 is 3.45. The molecule has 11 heteroatoms. The molecule has 3 heterocycles. The molecular formula is C32H35N3O6S2. The lowest BCUT2D eigenvalue weighted by Crippen LogP contribution is -2.23. The first-order valence-electron chi connectivity index (χ1n) is 14.1. The molecule has 0 N–H and O–H groups in total. The molecule has 0 saturated carbocycles. The predicted molar refractivity (Wildman–Crippen MR) is 174 cm³/mol. The van der Waals surface area contributed by atoms with Gasteiger partial charge in [-0.05, 0) is 36.4 Å². The lowest BCUT2D eigenvalue weighted by molar-refractivity contribution is -0.00719. The van der Waals surface area contributed by atoms with E-state index in [4.69, 9.17) is 34.7 Å². The van der Waals surface area contributed by atoms with E-state index in [9.17, 15) is 0 Å². The number of benzene rings is 2. The van der Waals surface area contributed by atoms with Crippen LogP contribution in [0.4, 0.5) is 5.69 Å². The van der Waals surface area contributed by atoms with E-state index in [0.717, 1.165) is 22.6 Å². The number of aromatic nitrogens is 1. The van der Waals surface area contributed by atoms with Gasteiger partial charge in [-0.1, -0.05) is 18.2 Å². The smallest absolute Gasteiger partial charge is 0.249 e. The van der Waals surface area contributed by atoms with Crippen LogP contribution in [-0.4, -0.2) is 85.1 Å². The molecule has 5 aromatic rings. The Kier molecular flexibility index (Phi) is 11.5. The largest absolute Gasteiger partial charge is 0.447 e. The van der Waals surface area contributed by atoms with Crippen molar-refractivity contribution in [2.75, 3.05) is 85.1 Å². The Morgan fingerprint density at radius 3 is 2.28 bits per heavy atom. The first kappa shape index (κ1) is 31.1. The van der Waals surface area contributed by atoms with Crippen LogP contribution in [0.25, 0.3) is 47.2 Å². The molecule has 0 spiro atoms. The SMILES string of the molecule is [C-]#[N+]/C(=C\c1cc2sc3cc(N(C)CCOCCOCCOCCOCCOC)ccc3c2s1)c1nc2ccccc2o1. The van der Waals surface area contributed by atoms with Crippen molar-refractivity contribution in [2.45, 2.75) is 0 Å². The van der Waals surface area contributed by atoms with Crippen LogP contribution in [0, 0.1) is 6.57 Å². The molecule has 0 radical (unpaired) electrons. The zero-order chi connectivity index (χ0) is 29.9. The second-order valence-corrected chi connectivity index (χ2v) is 11.8. The third kappa shape index (κ3) is 8.40. The predicted octanol–water partition coefficient (Wildman–Crippen LogP) is 6.82. The molecule has 0 fully saturated rings. The van der Waals surface area contributed by atoms with E-state index >= 15 is 0 Å². The van der Waals surface area contributed by atoms with Crippen LogP contribution in [0.5, 0.6) is 0 Å². The Morgan fingerprint density at radius 1 is 0.884 bits per heavy atom. The van der Waals surface area contributed by atoms with Crippen LogP contribution in [0.15, 0.2) is 52.9 Å². The normalized spacial score (nSPS) is 12.1. The molecule has 0 bridgehead atoms. The molecule has 226 valence electrons. The fourth-order valence-electron chi connectivity index (χ4n) is 4.36.